The lowest BCUT2D eigenvalue weighted by atomic mass is 10.2. The minimum Gasteiger partial charge on any atom is -0.326 e. The van der Waals surface area contributed by atoms with Gasteiger partial charge in [-0.2, -0.15) is 0 Å². The van der Waals surface area contributed by atoms with Crippen LogP contribution in [0.5, 0.6) is 0 Å². The fourth-order valence-corrected chi connectivity index (χ4v) is 3.54. The molecule has 4 rings (SSSR count). The molecule has 1 amide bonds. The van der Waals surface area contributed by atoms with Crippen LogP contribution in [-0.4, -0.2) is 20.4 Å². The number of hydrogen-bond acceptors (Lipinski definition) is 5. The first kappa shape index (κ1) is 17.1. The van der Waals surface area contributed by atoms with Gasteiger partial charge in [0.05, 0.1) is 35.9 Å². The molecule has 7 heteroatoms. The zero-order valence-corrected chi connectivity index (χ0v) is 15.1. The number of aromatic nitrogens is 3. The van der Waals surface area contributed by atoms with E-state index in [9.17, 15) is 9.59 Å². The SMILES string of the molecule is O=C(Cc1nc(Cn2cnc3ccccc3c2=O)cs1)Nc1ccccc1. The van der Waals surface area contributed by atoms with Crippen molar-refractivity contribution in [2.24, 2.45) is 0 Å². The fraction of sp³-hybridized carbons (Fsp3) is 0.100. The Kier molecular flexibility index (Phi) is 4.76. The molecular formula is C20H16N4O2S. The molecule has 27 heavy (non-hydrogen) atoms. The number of nitrogens with one attached hydrogen (secondary N) is 1. The summed E-state index contributed by atoms with van der Waals surface area (Å²) in [5.74, 6) is -0.119. The van der Waals surface area contributed by atoms with Crippen LogP contribution in [0.2, 0.25) is 0 Å². The number of rotatable bonds is 5. The van der Waals surface area contributed by atoms with E-state index in [0.29, 0.717) is 22.5 Å². The van der Waals surface area contributed by atoms with Crippen molar-refractivity contribution in [3.05, 3.63) is 87.4 Å². The third-order valence-corrected chi connectivity index (χ3v) is 4.93. The van der Waals surface area contributed by atoms with E-state index in [0.717, 1.165) is 11.4 Å². The summed E-state index contributed by atoms with van der Waals surface area (Å²) < 4.78 is 1.53. The molecule has 0 fully saturated rings. The van der Waals surface area contributed by atoms with Gasteiger partial charge in [-0.15, -0.1) is 11.3 Å². The number of para-hydroxylation sites is 2. The predicted octanol–water partition coefficient (Wildman–Crippen LogP) is 3.08. The Labute approximate surface area is 159 Å². The fourth-order valence-electron chi connectivity index (χ4n) is 2.76. The molecule has 0 spiro atoms. The summed E-state index contributed by atoms with van der Waals surface area (Å²) in [7, 11) is 0. The van der Waals surface area contributed by atoms with Crippen LogP contribution in [0.25, 0.3) is 10.9 Å². The number of amides is 1. The van der Waals surface area contributed by atoms with Crippen LogP contribution in [0.4, 0.5) is 5.69 Å². The van der Waals surface area contributed by atoms with E-state index in [4.69, 9.17) is 0 Å². The Morgan fingerprint density at radius 1 is 1.07 bits per heavy atom. The summed E-state index contributed by atoms with van der Waals surface area (Å²) in [6.07, 6.45) is 1.73. The zero-order chi connectivity index (χ0) is 18.6. The van der Waals surface area contributed by atoms with Crippen LogP contribution < -0.4 is 10.9 Å². The van der Waals surface area contributed by atoms with Gasteiger partial charge in [-0.1, -0.05) is 30.3 Å². The maximum Gasteiger partial charge on any atom is 0.261 e. The molecule has 0 radical (unpaired) electrons. The minimum absolute atomic E-state index is 0.100. The van der Waals surface area contributed by atoms with E-state index >= 15 is 0 Å². The van der Waals surface area contributed by atoms with Crippen molar-refractivity contribution in [2.45, 2.75) is 13.0 Å². The molecule has 0 saturated heterocycles. The lowest BCUT2D eigenvalue weighted by Gasteiger charge is -2.04. The molecule has 0 unspecified atom stereocenters. The van der Waals surface area contributed by atoms with Gasteiger partial charge >= 0.3 is 0 Å². The molecule has 2 heterocycles. The number of benzene rings is 2. The van der Waals surface area contributed by atoms with Crippen molar-refractivity contribution in [1.29, 1.82) is 0 Å². The standard InChI is InChI=1S/C20H16N4O2S/c25-18(22-14-6-2-1-3-7-14)10-19-23-15(12-27-19)11-24-13-21-17-9-5-4-8-16(17)20(24)26/h1-9,12-13H,10-11H2,(H,22,25). The van der Waals surface area contributed by atoms with E-state index in [-0.39, 0.29) is 17.9 Å². The Balaban J connectivity index is 1.46. The van der Waals surface area contributed by atoms with E-state index in [1.54, 1.807) is 6.07 Å². The molecule has 0 aliphatic carbocycles. The molecule has 1 N–H and O–H groups in total. The molecule has 0 atom stereocenters. The van der Waals surface area contributed by atoms with Crippen LogP contribution in [0.3, 0.4) is 0 Å². The molecule has 2 aromatic carbocycles. The lowest BCUT2D eigenvalue weighted by Crippen LogP contribution is -2.21. The van der Waals surface area contributed by atoms with Crippen LogP contribution in [0, 0.1) is 0 Å². The maximum atomic E-state index is 12.6. The zero-order valence-electron chi connectivity index (χ0n) is 14.3. The second-order valence-corrected chi connectivity index (χ2v) is 6.96. The van der Waals surface area contributed by atoms with Crippen molar-refractivity contribution in [3.8, 4) is 0 Å². The highest BCUT2D eigenvalue weighted by molar-refractivity contribution is 7.09. The van der Waals surface area contributed by atoms with Crippen LogP contribution in [-0.2, 0) is 17.8 Å². The van der Waals surface area contributed by atoms with Crippen molar-refractivity contribution in [1.82, 2.24) is 14.5 Å². The topological polar surface area (TPSA) is 76.9 Å². The molecule has 6 nitrogen and oxygen atoms in total. The minimum atomic E-state index is -0.119. The van der Waals surface area contributed by atoms with Crippen LogP contribution >= 0.6 is 11.3 Å². The summed E-state index contributed by atoms with van der Waals surface area (Å²) in [6, 6.07) is 16.6. The molecule has 4 aromatic rings. The number of fused-ring (bicyclic) bond motifs is 1. The van der Waals surface area contributed by atoms with Crippen molar-refractivity contribution < 1.29 is 4.79 Å². The van der Waals surface area contributed by atoms with Crippen LogP contribution in [0.15, 0.2) is 71.1 Å². The van der Waals surface area contributed by atoms with Gasteiger partial charge in [0, 0.05) is 11.1 Å². The number of nitrogens with zero attached hydrogens (tertiary/aromatic N) is 3. The Morgan fingerprint density at radius 3 is 2.70 bits per heavy atom. The highest BCUT2D eigenvalue weighted by Gasteiger charge is 2.10. The smallest absolute Gasteiger partial charge is 0.261 e. The number of anilines is 1. The summed E-state index contributed by atoms with van der Waals surface area (Å²) in [5, 5.41) is 6.00. The molecule has 0 aliphatic rings. The molecule has 2 aromatic heterocycles. The Morgan fingerprint density at radius 2 is 1.85 bits per heavy atom. The van der Waals surface area contributed by atoms with Gasteiger partial charge in [0.2, 0.25) is 5.91 Å². The molecule has 0 aliphatic heterocycles. The predicted molar refractivity (Wildman–Crippen MR) is 106 cm³/mol. The lowest BCUT2D eigenvalue weighted by molar-refractivity contribution is -0.115. The number of carbonyl (C=O) groups excluding carboxylic acids is 1. The van der Waals surface area contributed by atoms with Gasteiger partial charge in [0.15, 0.2) is 0 Å². The Bertz CT molecular complexity index is 1150. The van der Waals surface area contributed by atoms with E-state index < -0.39 is 0 Å². The normalized spacial score (nSPS) is 10.8. The average molecular weight is 376 g/mol. The van der Waals surface area contributed by atoms with Gasteiger partial charge in [-0.25, -0.2) is 9.97 Å². The number of thiazole rings is 1. The van der Waals surface area contributed by atoms with Crippen molar-refractivity contribution in [3.63, 3.8) is 0 Å². The molecule has 0 saturated carbocycles. The van der Waals surface area contributed by atoms with E-state index in [2.05, 4.69) is 15.3 Å². The quantitative estimate of drug-likeness (QED) is 0.581. The van der Waals surface area contributed by atoms with Gasteiger partial charge in [0.1, 0.15) is 5.01 Å². The largest absolute Gasteiger partial charge is 0.326 e. The first-order valence-corrected chi connectivity index (χ1v) is 9.29. The average Bonchev–Trinajstić information content (AvgIpc) is 3.12. The van der Waals surface area contributed by atoms with Gasteiger partial charge in [-0.3, -0.25) is 14.2 Å². The third-order valence-electron chi connectivity index (χ3n) is 4.03. The van der Waals surface area contributed by atoms with E-state index in [1.165, 1.54) is 22.2 Å². The van der Waals surface area contributed by atoms with Gasteiger partial charge in [-0.05, 0) is 24.3 Å². The maximum absolute atomic E-state index is 12.6. The van der Waals surface area contributed by atoms with Gasteiger partial charge < -0.3 is 5.32 Å². The van der Waals surface area contributed by atoms with E-state index in [1.807, 2.05) is 53.9 Å². The van der Waals surface area contributed by atoms with Crippen molar-refractivity contribution >= 4 is 33.8 Å². The van der Waals surface area contributed by atoms with Gasteiger partial charge in [0.25, 0.3) is 5.56 Å². The summed E-state index contributed by atoms with van der Waals surface area (Å²) in [6.45, 7) is 0.327. The Hall–Kier alpha value is -3.32. The first-order valence-electron chi connectivity index (χ1n) is 8.41. The molecule has 134 valence electrons. The second-order valence-electron chi connectivity index (χ2n) is 6.02. The monoisotopic (exact) mass is 376 g/mol. The second kappa shape index (κ2) is 7.51. The van der Waals surface area contributed by atoms with Crippen molar-refractivity contribution in [2.75, 3.05) is 5.32 Å². The molecular weight excluding hydrogens is 360 g/mol. The highest BCUT2D eigenvalue weighted by atomic mass is 32.1. The number of carbonyl (C=O) groups is 1. The summed E-state index contributed by atoms with van der Waals surface area (Å²) in [5.41, 5.74) is 2.07. The number of hydrogen-bond donors (Lipinski definition) is 1. The summed E-state index contributed by atoms with van der Waals surface area (Å²) in [4.78, 5) is 33.5. The first-order chi connectivity index (χ1) is 13.2. The summed E-state index contributed by atoms with van der Waals surface area (Å²) >= 11 is 1.41. The highest BCUT2D eigenvalue weighted by Crippen LogP contribution is 2.13. The van der Waals surface area contributed by atoms with Crippen LogP contribution in [0.1, 0.15) is 10.7 Å². The molecule has 0 bridgehead atoms. The third kappa shape index (κ3) is 3.93.